The Morgan fingerprint density at radius 3 is 0.800 bits per heavy atom. The van der Waals surface area contributed by atoms with Crippen molar-refractivity contribution in [3.63, 3.8) is 0 Å². The van der Waals surface area contributed by atoms with Gasteiger partial charge in [-0.05, 0) is 0 Å². The van der Waals surface area contributed by atoms with E-state index in [0.29, 0.717) is 0 Å². The Morgan fingerprint density at radius 2 is 0.800 bits per heavy atom. The van der Waals surface area contributed by atoms with E-state index in [1.54, 1.807) is 0 Å². The average Bonchev–Trinajstić information content (AvgIpc) is 0.722. The Kier molecular flexibility index (Phi) is 82.5. The van der Waals surface area contributed by atoms with Gasteiger partial charge < -0.3 is 31.0 Å². The number of hydrogen-bond acceptors (Lipinski definition) is 4. The van der Waals surface area contributed by atoms with Gasteiger partial charge in [-0.25, -0.2) is 0 Å². The first-order valence-electron chi connectivity index (χ1n) is 0.667. The molecule has 0 amide bonds. The van der Waals surface area contributed by atoms with Gasteiger partial charge >= 0.3 is 10.1 Å². The SMILES string of the molecule is O.O.O.O.O=S(=O)([O-])[O-].[Be+2]. The largest absolute Gasteiger partial charge is 2.00 e. The van der Waals surface area contributed by atoms with Gasteiger partial charge in [-0.2, -0.15) is 0 Å². The summed E-state index contributed by atoms with van der Waals surface area (Å²) in [4.78, 5) is 0. The molecule has 0 aliphatic rings. The summed E-state index contributed by atoms with van der Waals surface area (Å²) in [5.74, 6) is 0. The topological polar surface area (TPSA) is 206 Å². The Balaban J connectivity index is -0.00000000800. The van der Waals surface area contributed by atoms with E-state index >= 15 is 0 Å². The first-order chi connectivity index (χ1) is 2.00. The van der Waals surface area contributed by atoms with Crippen LogP contribution in [0.2, 0.25) is 0 Å². The van der Waals surface area contributed by atoms with E-state index in [1.807, 2.05) is 0 Å². The molecule has 0 fully saturated rings. The van der Waals surface area contributed by atoms with Crippen molar-refractivity contribution in [2.45, 2.75) is 0 Å². The van der Waals surface area contributed by atoms with Crippen molar-refractivity contribution in [3.8, 4) is 0 Å². The fourth-order valence-corrected chi connectivity index (χ4v) is 0. The van der Waals surface area contributed by atoms with Crippen LogP contribution < -0.4 is 0 Å². The molecular formula is H8BeO8S. The monoisotopic (exact) mass is 177 g/mol. The van der Waals surface area contributed by atoms with Crippen molar-refractivity contribution in [1.82, 2.24) is 0 Å². The second kappa shape index (κ2) is 15.9. The van der Waals surface area contributed by atoms with Crippen LogP contribution >= 0.6 is 0 Å². The van der Waals surface area contributed by atoms with Gasteiger partial charge in [0, 0.05) is 10.4 Å². The summed E-state index contributed by atoms with van der Waals surface area (Å²) in [7, 11) is -5.17. The predicted molar refractivity (Wildman–Crippen MR) is 30.7 cm³/mol. The van der Waals surface area contributed by atoms with E-state index in [9.17, 15) is 0 Å². The van der Waals surface area contributed by atoms with Gasteiger partial charge in [0.2, 0.25) is 0 Å². The molecule has 10 heavy (non-hydrogen) atoms. The van der Waals surface area contributed by atoms with Crippen molar-refractivity contribution >= 4 is 20.5 Å². The molecule has 0 saturated carbocycles. The van der Waals surface area contributed by atoms with E-state index in [2.05, 4.69) is 0 Å². The summed E-state index contributed by atoms with van der Waals surface area (Å²) in [5.41, 5.74) is 0. The van der Waals surface area contributed by atoms with Crippen LogP contribution in [0.4, 0.5) is 0 Å². The maximum atomic E-state index is 8.52. The zero-order valence-electron chi connectivity index (χ0n) is 4.75. The fraction of sp³-hybridized carbons (Fsp3) is 0. The molecule has 0 heterocycles. The van der Waals surface area contributed by atoms with Crippen LogP contribution in [0.3, 0.4) is 0 Å². The molecule has 0 rings (SSSR count). The molecule has 0 atom stereocenters. The van der Waals surface area contributed by atoms with Crippen LogP contribution in [0, 0.1) is 0 Å². The van der Waals surface area contributed by atoms with Crippen LogP contribution in [0.5, 0.6) is 0 Å². The van der Waals surface area contributed by atoms with Gasteiger partial charge in [0.25, 0.3) is 0 Å². The van der Waals surface area contributed by atoms with E-state index in [0.717, 1.165) is 0 Å². The van der Waals surface area contributed by atoms with Crippen LogP contribution in [-0.2, 0) is 10.4 Å². The van der Waals surface area contributed by atoms with Gasteiger partial charge in [0.1, 0.15) is 0 Å². The first-order valence-corrected chi connectivity index (χ1v) is 2.00. The van der Waals surface area contributed by atoms with Crippen molar-refractivity contribution in [3.05, 3.63) is 0 Å². The van der Waals surface area contributed by atoms with Gasteiger partial charge in [-0.3, -0.25) is 8.42 Å². The molecule has 0 unspecified atom stereocenters. The summed E-state index contributed by atoms with van der Waals surface area (Å²) in [6.45, 7) is 0. The molecule has 0 aromatic carbocycles. The van der Waals surface area contributed by atoms with Crippen LogP contribution in [-0.4, -0.2) is 49.5 Å². The maximum absolute atomic E-state index is 8.52. The van der Waals surface area contributed by atoms with Crippen LogP contribution in [0.25, 0.3) is 0 Å². The third-order valence-corrected chi connectivity index (χ3v) is 0. The predicted octanol–water partition coefficient (Wildman–Crippen LogP) is -5.02. The Labute approximate surface area is 60.9 Å². The number of hydrogen-bond donors (Lipinski definition) is 0. The fourth-order valence-electron chi connectivity index (χ4n) is 0. The summed E-state index contributed by atoms with van der Waals surface area (Å²) < 4.78 is 34.1. The Hall–Kier alpha value is -0.121. The normalized spacial score (nSPS) is 5.80. The molecule has 0 radical (unpaired) electrons. The molecule has 8 nitrogen and oxygen atoms in total. The van der Waals surface area contributed by atoms with E-state index in [-0.39, 0.29) is 32.0 Å². The number of rotatable bonds is 0. The Morgan fingerprint density at radius 1 is 0.800 bits per heavy atom. The molecule has 64 valence electrons. The second-order valence-electron chi connectivity index (χ2n) is 0.408. The molecule has 0 saturated heterocycles. The van der Waals surface area contributed by atoms with E-state index in [1.165, 1.54) is 0 Å². The van der Waals surface area contributed by atoms with Crippen molar-refractivity contribution in [2.75, 3.05) is 0 Å². The minimum Gasteiger partial charge on any atom is -0.759 e. The van der Waals surface area contributed by atoms with Gasteiger partial charge in [-0.1, -0.05) is 0 Å². The van der Waals surface area contributed by atoms with Crippen LogP contribution in [0.15, 0.2) is 0 Å². The zero-order chi connectivity index (χ0) is 4.50. The minimum absolute atomic E-state index is 0. The van der Waals surface area contributed by atoms with Crippen molar-refractivity contribution in [1.29, 1.82) is 0 Å². The van der Waals surface area contributed by atoms with Gasteiger partial charge in [0.05, 0.1) is 0 Å². The summed E-state index contributed by atoms with van der Waals surface area (Å²) in [6, 6.07) is 0. The first kappa shape index (κ1) is 51.8. The molecule has 0 aliphatic carbocycles. The van der Waals surface area contributed by atoms with Crippen molar-refractivity contribution in [2.24, 2.45) is 0 Å². The minimum atomic E-state index is -5.17. The summed E-state index contributed by atoms with van der Waals surface area (Å²) >= 11 is 0. The standard InChI is InChI=1S/Be.H2O4S.4H2O/c;1-5(2,3)4;;;;/h;(H2,1,2,3,4);4*1H2/q+2;;;;;/p-2. The molecule has 0 aliphatic heterocycles. The maximum Gasteiger partial charge on any atom is 2.00 e. The summed E-state index contributed by atoms with van der Waals surface area (Å²) in [6.07, 6.45) is 0. The molecule has 8 N–H and O–H groups in total. The third-order valence-electron chi connectivity index (χ3n) is 0. The summed E-state index contributed by atoms with van der Waals surface area (Å²) in [5, 5.41) is 0. The van der Waals surface area contributed by atoms with Crippen molar-refractivity contribution < 1.29 is 39.4 Å². The quantitative estimate of drug-likeness (QED) is 0.202. The molecule has 0 aromatic rings. The third kappa shape index (κ3) is 25400. The average molecular weight is 177 g/mol. The smallest absolute Gasteiger partial charge is 0.759 e. The zero-order valence-corrected chi connectivity index (χ0v) is 5.56. The Bertz CT molecular complexity index is 92.4. The van der Waals surface area contributed by atoms with Gasteiger partial charge in [-0.15, -0.1) is 0 Å². The van der Waals surface area contributed by atoms with Gasteiger partial charge in [0.15, 0.2) is 0 Å². The molecule has 0 bridgehead atoms. The van der Waals surface area contributed by atoms with Crippen LogP contribution in [0.1, 0.15) is 0 Å². The molecular weight excluding hydrogens is 169 g/mol. The molecule has 0 aromatic heterocycles. The van der Waals surface area contributed by atoms with E-state index < -0.39 is 10.4 Å². The van der Waals surface area contributed by atoms with E-state index in [4.69, 9.17) is 17.5 Å². The molecule has 0 spiro atoms. The second-order valence-corrected chi connectivity index (χ2v) is 1.22. The molecule has 10 heteroatoms.